The van der Waals surface area contributed by atoms with Gasteiger partial charge >= 0.3 is 0 Å². The molecular formula is C13H20N2O4S. The van der Waals surface area contributed by atoms with E-state index in [0.29, 0.717) is 30.4 Å². The Hall–Kier alpha value is -0.890. The van der Waals surface area contributed by atoms with Crippen LogP contribution >= 0.6 is 0 Å². The normalized spacial score (nSPS) is 27.1. The van der Waals surface area contributed by atoms with E-state index >= 15 is 0 Å². The molecule has 2 heterocycles. The van der Waals surface area contributed by atoms with Crippen LogP contribution in [0, 0.1) is 5.92 Å². The standard InChI is InChI=1S/C13H20N2O4S/c1-14-20(16,17)12-5-4-10(19-12)8-15-11-6-7-18-13(11)9-2-3-9/h4-5,9,11,13-15H,2-3,6-8H2,1H3. The summed E-state index contributed by atoms with van der Waals surface area (Å²) in [6.07, 6.45) is 3.83. The molecule has 3 rings (SSSR count). The molecule has 1 aliphatic carbocycles. The molecule has 6 nitrogen and oxygen atoms in total. The molecule has 0 bridgehead atoms. The number of sulfonamides is 1. The summed E-state index contributed by atoms with van der Waals surface area (Å²) in [5.74, 6) is 1.33. The van der Waals surface area contributed by atoms with Crippen molar-refractivity contribution in [3.63, 3.8) is 0 Å². The third-order valence-electron chi connectivity index (χ3n) is 3.93. The molecule has 20 heavy (non-hydrogen) atoms. The average molecular weight is 300 g/mol. The van der Waals surface area contributed by atoms with Crippen LogP contribution in [0.15, 0.2) is 21.6 Å². The van der Waals surface area contributed by atoms with Gasteiger partial charge in [-0.3, -0.25) is 0 Å². The molecule has 0 radical (unpaired) electrons. The van der Waals surface area contributed by atoms with Crippen molar-refractivity contribution in [1.82, 2.24) is 10.0 Å². The van der Waals surface area contributed by atoms with Gasteiger partial charge in [0.25, 0.3) is 10.0 Å². The van der Waals surface area contributed by atoms with E-state index in [0.717, 1.165) is 13.0 Å². The number of hydrogen-bond donors (Lipinski definition) is 2. The first-order chi connectivity index (χ1) is 9.60. The fourth-order valence-corrected chi connectivity index (χ4v) is 3.31. The van der Waals surface area contributed by atoms with Crippen LogP contribution < -0.4 is 10.0 Å². The Morgan fingerprint density at radius 3 is 2.80 bits per heavy atom. The van der Waals surface area contributed by atoms with Crippen molar-refractivity contribution in [2.75, 3.05) is 13.7 Å². The van der Waals surface area contributed by atoms with E-state index in [4.69, 9.17) is 9.15 Å². The van der Waals surface area contributed by atoms with Crippen LogP contribution in [-0.4, -0.2) is 34.2 Å². The van der Waals surface area contributed by atoms with Crippen molar-refractivity contribution < 1.29 is 17.6 Å². The minimum Gasteiger partial charge on any atom is -0.447 e. The summed E-state index contributed by atoms with van der Waals surface area (Å²) in [4.78, 5) is 0. The van der Waals surface area contributed by atoms with Crippen LogP contribution in [0.5, 0.6) is 0 Å². The predicted octanol–water partition coefficient (Wildman–Crippen LogP) is 0.845. The van der Waals surface area contributed by atoms with Gasteiger partial charge in [-0.1, -0.05) is 0 Å². The van der Waals surface area contributed by atoms with E-state index < -0.39 is 10.0 Å². The van der Waals surface area contributed by atoms with Crippen molar-refractivity contribution in [3.05, 3.63) is 17.9 Å². The topological polar surface area (TPSA) is 80.6 Å². The van der Waals surface area contributed by atoms with Crippen molar-refractivity contribution in [2.45, 2.75) is 43.0 Å². The third kappa shape index (κ3) is 2.90. The Labute approximate surface area is 118 Å². The highest BCUT2D eigenvalue weighted by atomic mass is 32.2. The molecule has 2 atom stereocenters. The van der Waals surface area contributed by atoms with E-state index in [1.807, 2.05) is 0 Å². The lowest BCUT2D eigenvalue weighted by molar-refractivity contribution is 0.0804. The maximum atomic E-state index is 11.6. The summed E-state index contributed by atoms with van der Waals surface area (Å²) in [5, 5.41) is 3.37. The first kappa shape index (κ1) is 14.1. The fourth-order valence-electron chi connectivity index (χ4n) is 2.65. The molecule has 2 N–H and O–H groups in total. The molecule has 1 aromatic rings. The SMILES string of the molecule is CNS(=O)(=O)c1ccc(CNC2CCOC2C2CC2)o1. The summed E-state index contributed by atoms with van der Waals surface area (Å²) in [5.41, 5.74) is 0. The largest absolute Gasteiger partial charge is 0.447 e. The number of nitrogens with one attached hydrogen (secondary N) is 2. The monoisotopic (exact) mass is 300 g/mol. The Morgan fingerprint density at radius 1 is 1.30 bits per heavy atom. The van der Waals surface area contributed by atoms with Crippen molar-refractivity contribution in [3.8, 4) is 0 Å². The van der Waals surface area contributed by atoms with Crippen LogP contribution in [0.4, 0.5) is 0 Å². The molecular weight excluding hydrogens is 280 g/mol. The zero-order chi connectivity index (χ0) is 14.2. The zero-order valence-corrected chi connectivity index (χ0v) is 12.3. The third-order valence-corrected chi connectivity index (χ3v) is 5.22. The highest BCUT2D eigenvalue weighted by molar-refractivity contribution is 7.89. The highest BCUT2D eigenvalue weighted by Crippen LogP contribution is 2.38. The summed E-state index contributed by atoms with van der Waals surface area (Å²) >= 11 is 0. The first-order valence-electron chi connectivity index (χ1n) is 6.97. The first-order valence-corrected chi connectivity index (χ1v) is 8.46. The quantitative estimate of drug-likeness (QED) is 0.814. The van der Waals surface area contributed by atoms with E-state index in [9.17, 15) is 8.42 Å². The Bertz CT molecular complexity index is 565. The van der Waals surface area contributed by atoms with E-state index in [2.05, 4.69) is 10.0 Å². The van der Waals surface area contributed by atoms with Crippen LogP contribution in [0.3, 0.4) is 0 Å². The summed E-state index contributed by atoms with van der Waals surface area (Å²) < 4.78 is 36.5. The second kappa shape index (κ2) is 5.48. The van der Waals surface area contributed by atoms with Gasteiger partial charge in [0.05, 0.1) is 12.6 Å². The van der Waals surface area contributed by atoms with Crippen LogP contribution in [0.1, 0.15) is 25.0 Å². The predicted molar refractivity (Wildman–Crippen MR) is 72.7 cm³/mol. The van der Waals surface area contributed by atoms with Gasteiger partial charge < -0.3 is 14.5 Å². The van der Waals surface area contributed by atoms with Crippen molar-refractivity contribution >= 4 is 10.0 Å². The van der Waals surface area contributed by atoms with Gasteiger partial charge in [-0.2, -0.15) is 0 Å². The molecule has 1 aliphatic heterocycles. The number of ether oxygens (including phenoxy) is 1. The van der Waals surface area contributed by atoms with E-state index in [1.54, 1.807) is 6.07 Å². The molecule has 2 unspecified atom stereocenters. The maximum Gasteiger partial charge on any atom is 0.273 e. The van der Waals surface area contributed by atoms with Gasteiger partial charge in [0.15, 0.2) is 0 Å². The molecule has 0 spiro atoms. The highest BCUT2D eigenvalue weighted by Gasteiger charge is 2.40. The van der Waals surface area contributed by atoms with Gasteiger partial charge in [-0.05, 0) is 44.4 Å². The molecule has 1 saturated heterocycles. The van der Waals surface area contributed by atoms with E-state index in [-0.39, 0.29) is 5.09 Å². The number of furan rings is 1. The van der Waals surface area contributed by atoms with Gasteiger partial charge in [0.2, 0.25) is 5.09 Å². The van der Waals surface area contributed by atoms with E-state index in [1.165, 1.54) is 26.0 Å². The zero-order valence-electron chi connectivity index (χ0n) is 11.5. The molecule has 2 aliphatic rings. The van der Waals surface area contributed by atoms with Gasteiger partial charge in [0.1, 0.15) is 5.76 Å². The minimum absolute atomic E-state index is 0.0433. The average Bonchev–Trinajstić information content (AvgIpc) is 2.99. The lowest BCUT2D eigenvalue weighted by Crippen LogP contribution is -2.37. The second-order valence-electron chi connectivity index (χ2n) is 5.38. The summed E-state index contributed by atoms with van der Waals surface area (Å²) in [6, 6.07) is 3.52. The van der Waals surface area contributed by atoms with Crippen molar-refractivity contribution in [2.24, 2.45) is 5.92 Å². The molecule has 1 aromatic heterocycles. The molecule has 2 fully saturated rings. The van der Waals surface area contributed by atoms with Crippen LogP contribution in [-0.2, 0) is 21.3 Å². The second-order valence-corrected chi connectivity index (χ2v) is 7.19. The van der Waals surface area contributed by atoms with Gasteiger partial charge in [-0.25, -0.2) is 13.1 Å². The van der Waals surface area contributed by atoms with Gasteiger partial charge in [-0.15, -0.1) is 0 Å². The minimum atomic E-state index is -3.50. The van der Waals surface area contributed by atoms with Gasteiger partial charge in [0, 0.05) is 12.6 Å². The fraction of sp³-hybridized carbons (Fsp3) is 0.692. The number of rotatable bonds is 6. The molecule has 7 heteroatoms. The molecule has 1 saturated carbocycles. The lowest BCUT2D eigenvalue weighted by atomic mass is 10.1. The molecule has 0 amide bonds. The Morgan fingerprint density at radius 2 is 2.10 bits per heavy atom. The summed E-state index contributed by atoms with van der Waals surface area (Å²) in [6.45, 7) is 1.33. The van der Waals surface area contributed by atoms with Crippen molar-refractivity contribution in [1.29, 1.82) is 0 Å². The lowest BCUT2D eigenvalue weighted by Gasteiger charge is -2.18. The summed E-state index contributed by atoms with van der Waals surface area (Å²) in [7, 11) is -2.13. The molecule has 112 valence electrons. The smallest absolute Gasteiger partial charge is 0.273 e. The number of hydrogen-bond acceptors (Lipinski definition) is 5. The van der Waals surface area contributed by atoms with Crippen LogP contribution in [0.2, 0.25) is 0 Å². The Kier molecular flexibility index (Phi) is 3.85. The Balaban J connectivity index is 1.58. The van der Waals surface area contributed by atoms with Crippen LogP contribution in [0.25, 0.3) is 0 Å². The maximum absolute atomic E-state index is 11.6. The molecule has 0 aromatic carbocycles.